The molecule has 1 aromatic carbocycles. The minimum absolute atomic E-state index is 0.448. The van der Waals surface area contributed by atoms with E-state index in [9.17, 15) is 0 Å². The minimum Gasteiger partial charge on any atom is -0.382 e. The zero-order valence-electron chi connectivity index (χ0n) is 7.61. The number of imidazole rings is 1. The summed E-state index contributed by atoms with van der Waals surface area (Å²) in [7, 11) is 0. The quantitative estimate of drug-likeness (QED) is 0.788. The maximum atomic E-state index is 5.77. The maximum absolute atomic E-state index is 5.77. The third kappa shape index (κ3) is 1.87. The molecule has 0 saturated heterocycles. The number of aromatic nitrogens is 2. The first-order valence-electron chi connectivity index (χ1n) is 4.13. The van der Waals surface area contributed by atoms with E-state index in [-0.39, 0.29) is 0 Å². The molecule has 2 rings (SSSR count). The molecule has 1 aromatic heterocycles. The first-order chi connectivity index (χ1) is 7.09. The topological polar surface area (TPSA) is 69.9 Å². The Hall–Kier alpha value is -1.01. The fraction of sp³-hybridized carbons (Fsp3) is 0. The Morgan fingerprint density at radius 3 is 2.47 bits per heavy atom. The monoisotopic (exact) mass is 330 g/mol. The normalized spacial score (nSPS) is 10.5. The number of hydrogen-bond donors (Lipinski definition) is 2. The first-order valence-corrected chi connectivity index (χ1v) is 5.71. The molecule has 15 heavy (non-hydrogen) atoms. The molecular weight excluding hydrogens is 324 g/mol. The van der Waals surface area contributed by atoms with Gasteiger partial charge < -0.3 is 11.6 Å². The van der Waals surface area contributed by atoms with E-state index in [0.717, 1.165) is 14.5 Å². The number of anilines is 1. The molecule has 0 radical (unpaired) electrons. The van der Waals surface area contributed by atoms with Crippen molar-refractivity contribution in [1.82, 2.24) is 9.66 Å². The van der Waals surface area contributed by atoms with E-state index in [0.29, 0.717) is 11.5 Å². The van der Waals surface area contributed by atoms with Gasteiger partial charge in [-0.05, 0) is 44.0 Å². The molecule has 2 aromatic rings. The van der Waals surface area contributed by atoms with E-state index in [2.05, 4.69) is 36.8 Å². The summed E-state index contributed by atoms with van der Waals surface area (Å²) in [6.07, 6.45) is 1.49. The summed E-state index contributed by atoms with van der Waals surface area (Å²) in [4.78, 5) is 4.13. The van der Waals surface area contributed by atoms with Crippen molar-refractivity contribution < 1.29 is 0 Å². The van der Waals surface area contributed by atoms with Crippen LogP contribution in [0.3, 0.4) is 0 Å². The molecule has 0 saturated carbocycles. The number of halogens is 2. The molecule has 0 aliphatic heterocycles. The van der Waals surface area contributed by atoms with Crippen molar-refractivity contribution in [3.8, 4) is 11.3 Å². The van der Waals surface area contributed by atoms with Crippen molar-refractivity contribution in [1.29, 1.82) is 0 Å². The van der Waals surface area contributed by atoms with Gasteiger partial charge in [0.05, 0.1) is 0 Å². The van der Waals surface area contributed by atoms with E-state index in [1.54, 1.807) is 0 Å². The number of hydrogen-bond acceptors (Lipinski definition) is 3. The fourth-order valence-electron chi connectivity index (χ4n) is 1.24. The summed E-state index contributed by atoms with van der Waals surface area (Å²) in [6, 6.07) is 5.78. The zero-order chi connectivity index (χ0) is 11.0. The van der Waals surface area contributed by atoms with Gasteiger partial charge in [-0.1, -0.05) is 6.07 Å². The summed E-state index contributed by atoms with van der Waals surface area (Å²) < 4.78 is 3.23. The molecule has 0 bridgehead atoms. The molecule has 4 nitrogen and oxygen atoms in total. The van der Waals surface area contributed by atoms with Gasteiger partial charge in [0, 0.05) is 14.5 Å². The molecule has 1 heterocycles. The fourth-order valence-corrected chi connectivity index (χ4v) is 1.86. The second kappa shape index (κ2) is 3.86. The van der Waals surface area contributed by atoms with Gasteiger partial charge >= 0.3 is 0 Å². The lowest BCUT2D eigenvalue weighted by Gasteiger charge is -2.02. The van der Waals surface area contributed by atoms with Crippen LogP contribution >= 0.6 is 31.9 Å². The SMILES string of the molecule is Nc1c(-c2ccc(Br)c(Br)c2)ncn1N. The van der Waals surface area contributed by atoms with Gasteiger partial charge in [-0.25, -0.2) is 9.66 Å². The summed E-state index contributed by atoms with van der Waals surface area (Å²) in [5, 5.41) is 0. The predicted molar refractivity (Wildman–Crippen MR) is 67.6 cm³/mol. The van der Waals surface area contributed by atoms with Crippen LogP contribution in [-0.4, -0.2) is 9.66 Å². The highest BCUT2D eigenvalue weighted by Crippen LogP contribution is 2.30. The summed E-state index contributed by atoms with van der Waals surface area (Å²) in [5.41, 5.74) is 7.38. The number of nitrogens with zero attached hydrogens (tertiary/aromatic N) is 2. The van der Waals surface area contributed by atoms with E-state index in [1.807, 2.05) is 18.2 Å². The zero-order valence-corrected chi connectivity index (χ0v) is 10.8. The average Bonchev–Trinajstić information content (AvgIpc) is 2.53. The molecule has 0 amide bonds. The van der Waals surface area contributed by atoms with Crippen LogP contribution in [0.15, 0.2) is 33.5 Å². The third-order valence-electron chi connectivity index (χ3n) is 2.03. The molecule has 6 heteroatoms. The van der Waals surface area contributed by atoms with Gasteiger partial charge in [0.1, 0.15) is 17.8 Å². The number of nitrogens with two attached hydrogens (primary N) is 2. The first kappa shape index (κ1) is 10.5. The van der Waals surface area contributed by atoms with Crippen molar-refractivity contribution in [2.75, 3.05) is 11.6 Å². The molecule has 78 valence electrons. The van der Waals surface area contributed by atoms with Crippen molar-refractivity contribution in [3.05, 3.63) is 33.5 Å². The smallest absolute Gasteiger partial charge is 0.150 e. The lowest BCUT2D eigenvalue weighted by molar-refractivity contribution is 1.01. The van der Waals surface area contributed by atoms with Crippen LogP contribution < -0.4 is 11.6 Å². The molecule has 0 aliphatic rings. The molecule has 0 fully saturated rings. The Morgan fingerprint density at radius 2 is 1.93 bits per heavy atom. The number of nitrogen functional groups attached to an aromatic ring is 2. The van der Waals surface area contributed by atoms with Gasteiger partial charge in [0.2, 0.25) is 0 Å². The van der Waals surface area contributed by atoms with E-state index < -0.39 is 0 Å². The Kier molecular flexibility index (Phi) is 2.70. The Bertz CT molecular complexity index is 507. The second-order valence-corrected chi connectivity index (χ2v) is 4.72. The highest BCUT2D eigenvalue weighted by atomic mass is 79.9. The third-order valence-corrected chi connectivity index (χ3v) is 3.90. The van der Waals surface area contributed by atoms with Crippen molar-refractivity contribution >= 4 is 37.7 Å². The number of rotatable bonds is 1. The molecule has 4 N–H and O–H groups in total. The second-order valence-electron chi connectivity index (χ2n) is 3.01. The van der Waals surface area contributed by atoms with Gasteiger partial charge in [-0.15, -0.1) is 0 Å². The summed E-state index contributed by atoms with van der Waals surface area (Å²) >= 11 is 6.82. The Balaban J connectivity index is 2.55. The van der Waals surface area contributed by atoms with Crippen molar-refractivity contribution in [2.24, 2.45) is 0 Å². The van der Waals surface area contributed by atoms with Crippen LogP contribution in [0, 0.1) is 0 Å². The Morgan fingerprint density at radius 1 is 1.20 bits per heavy atom. The van der Waals surface area contributed by atoms with Gasteiger partial charge in [-0.2, -0.15) is 0 Å². The maximum Gasteiger partial charge on any atom is 0.150 e. The van der Waals surface area contributed by atoms with Gasteiger partial charge in [-0.3, -0.25) is 0 Å². The molecule has 0 aliphatic carbocycles. The van der Waals surface area contributed by atoms with Crippen LogP contribution in [-0.2, 0) is 0 Å². The van der Waals surface area contributed by atoms with Crippen LogP contribution in [0.5, 0.6) is 0 Å². The molecule has 0 atom stereocenters. The summed E-state index contributed by atoms with van der Waals surface area (Å²) in [5.74, 6) is 6.00. The number of benzene rings is 1. The molecular formula is C9H8Br2N4. The van der Waals surface area contributed by atoms with E-state index in [1.165, 1.54) is 11.0 Å². The highest BCUT2D eigenvalue weighted by molar-refractivity contribution is 9.13. The molecule has 0 spiro atoms. The van der Waals surface area contributed by atoms with Crippen molar-refractivity contribution in [2.45, 2.75) is 0 Å². The largest absolute Gasteiger partial charge is 0.382 e. The van der Waals surface area contributed by atoms with Crippen LogP contribution in [0.4, 0.5) is 5.82 Å². The average molecular weight is 332 g/mol. The lowest BCUT2D eigenvalue weighted by atomic mass is 10.1. The highest BCUT2D eigenvalue weighted by Gasteiger charge is 2.09. The van der Waals surface area contributed by atoms with Crippen LogP contribution in [0.25, 0.3) is 11.3 Å². The lowest BCUT2D eigenvalue weighted by Crippen LogP contribution is -2.09. The van der Waals surface area contributed by atoms with E-state index >= 15 is 0 Å². The predicted octanol–water partition coefficient (Wildman–Crippen LogP) is 2.37. The van der Waals surface area contributed by atoms with Crippen LogP contribution in [0.2, 0.25) is 0 Å². The summed E-state index contributed by atoms with van der Waals surface area (Å²) in [6.45, 7) is 0. The molecule has 0 unspecified atom stereocenters. The minimum atomic E-state index is 0.448. The standard InChI is InChI=1S/C9H8Br2N4/c10-6-2-1-5(3-7(6)11)8-9(12)15(13)4-14-8/h1-4H,12-13H2. The van der Waals surface area contributed by atoms with Gasteiger partial charge in [0.15, 0.2) is 0 Å². The Labute approximate surface area is 104 Å². The van der Waals surface area contributed by atoms with Crippen LogP contribution in [0.1, 0.15) is 0 Å². The van der Waals surface area contributed by atoms with Gasteiger partial charge in [0.25, 0.3) is 0 Å². The van der Waals surface area contributed by atoms with Crippen molar-refractivity contribution in [3.63, 3.8) is 0 Å². The van der Waals surface area contributed by atoms with E-state index in [4.69, 9.17) is 11.6 Å².